The van der Waals surface area contributed by atoms with Crippen molar-refractivity contribution in [1.29, 1.82) is 0 Å². The van der Waals surface area contributed by atoms with Crippen LogP contribution in [0.5, 0.6) is 0 Å². The molecule has 9 aromatic carbocycles. The van der Waals surface area contributed by atoms with E-state index in [2.05, 4.69) is 219 Å². The Bertz CT molecular complexity index is 2850. The van der Waals surface area contributed by atoms with Gasteiger partial charge in [-0.1, -0.05) is 184 Å². The molecule has 0 amide bonds. The van der Waals surface area contributed by atoms with Crippen LogP contribution in [0.4, 0.5) is 17.1 Å². The van der Waals surface area contributed by atoms with Gasteiger partial charge in [0.25, 0.3) is 0 Å². The third-order valence-corrected chi connectivity index (χ3v) is 11.4. The quantitative estimate of drug-likeness (QED) is 0.168. The first kappa shape index (κ1) is 32.0. The van der Waals surface area contributed by atoms with Crippen LogP contribution >= 0.6 is 0 Å². The predicted octanol–water partition coefficient (Wildman–Crippen LogP) is 14.8. The van der Waals surface area contributed by atoms with Crippen molar-refractivity contribution in [3.63, 3.8) is 0 Å². The molecule has 10 rings (SSSR count). The van der Waals surface area contributed by atoms with Gasteiger partial charge in [-0.05, 0) is 102 Å². The molecule has 0 heterocycles. The van der Waals surface area contributed by atoms with E-state index in [4.69, 9.17) is 0 Å². The summed E-state index contributed by atoms with van der Waals surface area (Å²) in [6.45, 7) is 4.76. The smallest absolute Gasteiger partial charge is 0.0540 e. The molecule has 1 aliphatic rings. The average molecular weight is 690 g/mol. The summed E-state index contributed by atoms with van der Waals surface area (Å²) in [6.07, 6.45) is 0. The minimum Gasteiger partial charge on any atom is -0.310 e. The van der Waals surface area contributed by atoms with Crippen molar-refractivity contribution in [2.24, 2.45) is 0 Å². The van der Waals surface area contributed by atoms with Crippen LogP contribution in [0.3, 0.4) is 0 Å². The highest BCUT2D eigenvalue weighted by atomic mass is 15.1. The molecule has 0 fully saturated rings. The van der Waals surface area contributed by atoms with Crippen LogP contribution in [0.2, 0.25) is 0 Å². The molecule has 0 saturated carbocycles. The van der Waals surface area contributed by atoms with Crippen LogP contribution in [0.15, 0.2) is 200 Å². The van der Waals surface area contributed by atoms with E-state index in [1.165, 1.54) is 77.2 Å². The van der Waals surface area contributed by atoms with Crippen LogP contribution in [0.25, 0.3) is 66.1 Å². The largest absolute Gasteiger partial charge is 0.310 e. The van der Waals surface area contributed by atoms with Crippen LogP contribution in [-0.2, 0) is 5.41 Å². The number of nitrogens with zero attached hydrogens (tertiary/aromatic N) is 1. The van der Waals surface area contributed by atoms with E-state index in [0.717, 1.165) is 17.1 Å². The molecule has 0 atom stereocenters. The lowest BCUT2D eigenvalue weighted by Crippen LogP contribution is -2.17. The molecule has 0 bridgehead atoms. The normalized spacial score (nSPS) is 12.8. The number of rotatable bonds is 6. The second-order valence-electron chi connectivity index (χ2n) is 14.9. The molecule has 1 aliphatic carbocycles. The lowest BCUT2D eigenvalue weighted by Gasteiger charge is -2.30. The van der Waals surface area contributed by atoms with E-state index >= 15 is 0 Å². The van der Waals surface area contributed by atoms with Gasteiger partial charge < -0.3 is 4.90 Å². The van der Waals surface area contributed by atoms with Crippen LogP contribution in [-0.4, -0.2) is 0 Å². The summed E-state index contributed by atoms with van der Waals surface area (Å²) >= 11 is 0. The standard InChI is InChI=1S/C53H39N/c1-53(2)48-26-15-25-44(37-17-5-3-6-18-37)52(48)47-33-31-42(35-49(47)53)54(41-30-28-36-16-9-10-22-40(36)34-41)50-27-14-13-24-45(50)46-32-29-38-19-11-12-23-43(38)51(46)39-20-7-4-8-21-39/h3-35H,1-2H3. The maximum absolute atomic E-state index is 2.48. The molecule has 1 heteroatoms. The maximum atomic E-state index is 2.48. The third-order valence-electron chi connectivity index (χ3n) is 11.4. The highest BCUT2D eigenvalue weighted by Crippen LogP contribution is 2.54. The second-order valence-corrected chi connectivity index (χ2v) is 14.9. The van der Waals surface area contributed by atoms with Crippen LogP contribution in [0.1, 0.15) is 25.0 Å². The van der Waals surface area contributed by atoms with Crippen molar-refractivity contribution in [3.05, 3.63) is 211 Å². The van der Waals surface area contributed by atoms with Gasteiger partial charge in [0.2, 0.25) is 0 Å². The molecule has 0 radical (unpaired) electrons. The van der Waals surface area contributed by atoms with Gasteiger partial charge in [0.05, 0.1) is 5.69 Å². The van der Waals surface area contributed by atoms with Crippen molar-refractivity contribution in [3.8, 4) is 44.5 Å². The summed E-state index contributed by atoms with van der Waals surface area (Å²) in [6, 6.07) is 73.4. The van der Waals surface area contributed by atoms with Crippen molar-refractivity contribution in [1.82, 2.24) is 0 Å². The molecule has 0 N–H and O–H groups in total. The van der Waals surface area contributed by atoms with E-state index in [1.54, 1.807) is 0 Å². The Hall–Kier alpha value is -6.70. The predicted molar refractivity (Wildman–Crippen MR) is 230 cm³/mol. The number of anilines is 3. The fourth-order valence-electron chi connectivity index (χ4n) is 8.82. The van der Waals surface area contributed by atoms with Gasteiger partial charge in [0.1, 0.15) is 0 Å². The first-order chi connectivity index (χ1) is 26.6. The molecule has 256 valence electrons. The molecular weight excluding hydrogens is 651 g/mol. The maximum Gasteiger partial charge on any atom is 0.0540 e. The number of benzene rings is 9. The minimum atomic E-state index is -0.182. The summed E-state index contributed by atoms with van der Waals surface area (Å²) in [5.74, 6) is 0. The van der Waals surface area contributed by atoms with E-state index < -0.39 is 0 Å². The molecule has 1 nitrogen and oxygen atoms in total. The Balaban J connectivity index is 1.22. The lowest BCUT2D eigenvalue weighted by atomic mass is 9.81. The molecule has 0 aliphatic heterocycles. The lowest BCUT2D eigenvalue weighted by molar-refractivity contribution is 0.660. The summed E-state index contributed by atoms with van der Waals surface area (Å²) < 4.78 is 0. The number of hydrogen-bond donors (Lipinski definition) is 0. The van der Waals surface area contributed by atoms with Crippen LogP contribution in [0, 0.1) is 0 Å². The fraction of sp³-hybridized carbons (Fsp3) is 0.0566. The fourth-order valence-corrected chi connectivity index (χ4v) is 8.82. The van der Waals surface area contributed by atoms with Gasteiger partial charge in [-0.15, -0.1) is 0 Å². The van der Waals surface area contributed by atoms with Gasteiger partial charge in [0.15, 0.2) is 0 Å². The summed E-state index contributed by atoms with van der Waals surface area (Å²) in [5, 5.41) is 4.93. The van der Waals surface area contributed by atoms with Gasteiger partial charge in [-0.25, -0.2) is 0 Å². The van der Waals surface area contributed by atoms with E-state index in [1.807, 2.05) is 0 Å². The SMILES string of the molecule is CC1(C)c2cc(N(c3ccc4ccccc4c3)c3ccccc3-c3ccc4ccccc4c3-c3ccccc3)ccc2-c2c(-c3ccccc3)cccc21. The number of para-hydroxylation sites is 1. The van der Waals surface area contributed by atoms with Crippen molar-refractivity contribution in [2.75, 3.05) is 4.90 Å². The Kier molecular flexibility index (Phi) is 7.56. The van der Waals surface area contributed by atoms with Crippen molar-refractivity contribution in [2.45, 2.75) is 19.3 Å². The summed E-state index contributed by atoms with van der Waals surface area (Å²) in [7, 11) is 0. The third kappa shape index (κ3) is 5.16. The summed E-state index contributed by atoms with van der Waals surface area (Å²) in [5.41, 5.74) is 16.0. The average Bonchev–Trinajstić information content (AvgIpc) is 3.46. The Morgan fingerprint density at radius 3 is 1.76 bits per heavy atom. The van der Waals surface area contributed by atoms with Crippen molar-refractivity contribution < 1.29 is 0 Å². The molecular formula is C53H39N. The van der Waals surface area contributed by atoms with Crippen LogP contribution < -0.4 is 4.90 Å². The first-order valence-electron chi connectivity index (χ1n) is 18.9. The molecule has 54 heavy (non-hydrogen) atoms. The van der Waals surface area contributed by atoms with Gasteiger partial charge in [0, 0.05) is 22.4 Å². The second kappa shape index (κ2) is 12.8. The molecule has 0 spiro atoms. The molecule has 0 unspecified atom stereocenters. The highest BCUT2D eigenvalue weighted by Gasteiger charge is 2.37. The van der Waals surface area contributed by atoms with Gasteiger partial charge in [-0.3, -0.25) is 0 Å². The van der Waals surface area contributed by atoms with E-state index in [-0.39, 0.29) is 5.41 Å². The minimum absolute atomic E-state index is 0.182. The Morgan fingerprint density at radius 1 is 0.352 bits per heavy atom. The van der Waals surface area contributed by atoms with E-state index in [0.29, 0.717) is 0 Å². The van der Waals surface area contributed by atoms with Crippen molar-refractivity contribution >= 4 is 38.6 Å². The highest BCUT2D eigenvalue weighted by molar-refractivity contribution is 6.07. The Labute approximate surface area is 317 Å². The zero-order chi connectivity index (χ0) is 36.2. The zero-order valence-electron chi connectivity index (χ0n) is 30.5. The van der Waals surface area contributed by atoms with E-state index in [9.17, 15) is 0 Å². The number of hydrogen-bond acceptors (Lipinski definition) is 1. The molecule has 9 aromatic rings. The first-order valence-corrected chi connectivity index (χ1v) is 18.9. The summed E-state index contributed by atoms with van der Waals surface area (Å²) in [4.78, 5) is 2.48. The topological polar surface area (TPSA) is 3.24 Å². The Morgan fingerprint density at radius 2 is 0.944 bits per heavy atom. The molecule has 0 aromatic heterocycles. The number of fused-ring (bicyclic) bond motifs is 5. The van der Waals surface area contributed by atoms with Gasteiger partial charge in [-0.2, -0.15) is 0 Å². The zero-order valence-corrected chi connectivity index (χ0v) is 30.5. The van der Waals surface area contributed by atoms with Gasteiger partial charge >= 0.3 is 0 Å². The molecule has 0 saturated heterocycles. The monoisotopic (exact) mass is 689 g/mol.